The van der Waals surface area contributed by atoms with Crippen LogP contribution in [0.15, 0.2) is 28.7 Å². The monoisotopic (exact) mass is 337 g/mol. The summed E-state index contributed by atoms with van der Waals surface area (Å²) in [4.78, 5) is 14.2. The summed E-state index contributed by atoms with van der Waals surface area (Å²) in [5, 5.41) is 13.3. The highest BCUT2D eigenvalue weighted by atomic mass is 79.9. The van der Waals surface area contributed by atoms with E-state index in [2.05, 4.69) is 36.6 Å². The molecule has 1 amide bonds. The number of carbonyl (C=O) groups is 1. The summed E-state index contributed by atoms with van der Waals surface area (Å²) in [6, 6.07) is 7.80. The van der Waals surface area contributed by atoms with E-state index in [0.717, 1.165) is 16.5 Å². The molecule has 0 saturated heterocycles. The maximum absolute atomic E-state index is 12.4. The zero-order chi connectivity index (χ0) is 14.5. The van der Waals surface area contributed by atoms with E-state index in [9.17, 15) is 4.79 Å². The third kappa shape index (κ3) is 3.04. The van der Waals surface area contributed by atoms with Gasteiger partial charge in [0.25, 0.3) is 11.7 Å². The van der Waals surface area contributed by atoms with Gasteiger partial charge in [0.1, 0.15) is 0 Å². The number of carbonyl (C=O) groups excluding carboxylic acids is 1. The Hall–Kier alpha value is -1.76. The van der Waals surface area contributed by atoms with E-state index >= 15 is 0 Å². The van der Waals surface area contributed by atoms with Crippen molar-refractivity contribution in [1.82, 2.24) is 25.5 Å². The number of aromatic amines is 1. The Bertz CT molecular complexity index is 572. The normalized spacial score (nSPS) is 12.2. The van der Waals surface area contributed by atoms with Gasteiger partial charge in [0.2, 0.25) is 0 Å². The number of halogens is 1. The summed E-state index contributed by atoms with van der Waals surface area (Å²) in [5.74, 6) is -0.124. The lowest BCUT2D eigenvalue weighted by Gasteiger charge is -2.28. The molecule has 0 aliphatic carbocycles. The Labute approximate surface area is 125 Å². The van der Waals surface area contributed by atoms with Crippen LogP contribution in [-0.4, -0.2) is 38.0 Å². The molecular weight excluding hydrogens is 322 g/mol. The maximum atomic E-state index is 12.4. The first-order valence-electron chi connectivity index (χ1n) is 6.44. The van der Waals surface area contributed by atoms with Gasteiger partial charge in [-0.05, 0) is 30.2 Å². The molecule has 0 radical (unpaired) electrons. The summed E-state index contributed by atoms with van der Waals surface area (Å²) >= 11 is 3.53. The highest BCUT2D eigenvalue weighted by Gasteiger charge is 2.25. The van der Waals surface area contributed by atoms with Crippen LogP contribution in [0.1, 0.15) is 42.5 Å². The van der Waals surface area contributed by atoms with Crippen LogP contribution in [0.2, 0.25) is 0 Å². The van der Waals surface area contributed by atoms with E-state index in [-0.39, 0.29) is 17.8 Å². The van der Waals surface area contributed by atoms with Gasteiger partial charge in [0, 0.05) is 11.0 Å². The van der Waals surface area contributed by atoms with Crippen LogP contribution in [0.3, 0.4) is 0 Å². The molecule has 2 rings (SSSR count). The van der Waals surface area contributed by atoms with Gasteiger partial charge >= 0.3 is 0 Å². The smallest absolute Gasteiger partial charge is 0.295 e. The zero-order valence-electron chi connectivity index (χ0n) is 11.4. The first kappa shape index (κ1) is 14.6. The molecule has 1 aromatic carbocycles. The molecule has 1 heterocycles. The zero-order valence-corrected chi connectivity index (χ0v) is 13.0. The molecule has 0 aliphatic rings. The minimum Gasteiger partial charge on any atom is -0.329 e. The molecule has 0 fully saturated rings. The van der Waals surface area contributed by atoms with Crippen molar-refractivity contribution in [2.45, 2.75) is 26.3 Å². The molecule has 106 valence electrons. The van der Waals surface area contributed by atoms with E-state index in [1.54, 1.807) is 4.90 Å². The van der Waals surface area contributed by atoms with Gasteiger partial charge in [-0.25, -0.2) is 0 Å². The van der Waals surface area contributed by atoms with Crippen molar-refractivity contribution < 1.29 is 4.79 Å². The van der Waals surface area contributed by atoms with E-state index < -0.39 is 0 Å². The second kappa shape index (κ2) is 6.60. The molecule has 0 saturated carbocycles. The fraction of sp³-hybridized carbons (Fsp3) is 0.385. The van der Waals surface area contributed by atoms with Crippen molar-refractivity contribution in [3.8, 4) is 0 Å². The van der Waals surface area contributed by atoms with Gasteiger partial charge in [-0.15, -0.1) is 10.2 Å². The first-order chi connectivity index (χ1) is 9.65. The number of rotatable bonds is 5. The van der Waals surface area contributed by atoms with Crippen LogP contribution in [0, 0.1) is 0 Å². The first-order valence-corrected chi connectivity index (χ1v) is 7.23. The Morgan fingerprint density at radius 2 is 2.20 bits per heavy atom. The fourth-order valence-corrected chi connectivity index (χ4v) is 2.69. The third-order valence-electron chi connectivity index (χ3n) is 3.08. The largest absolute Gasteiger partial charge is 0.329 e. The number of aromatic nitrogens is 4. The molecule has 6 nitrogen and oxygen atoms in total. The van der Waals surface area contributed by atoms with Crippen LogP contribution in [-0.2, 0) is 0 Å². The average molecular weight is 338 g/mol. The fourth-order valence-electron chi connectivity index (χ4n) is 2.07. The van der Waals surface area contributed by atoms with E-state index in [0.29, 0.717) is 6.54 Å². The number of tetrazole rings is 1. The van der Waals surface area contributed by atoms with Crippen LogP contribution >= 0.6 is 15.9 Å². The van der Waals surface area contributed by atoms with Crippen molar-refractivity contribution in [3.05, 3.63) is 40.1 Å². The lowest BCUT2D eigenvalue weighted by Crippen LogP contribution is -2.35. The molecule has 1 atom stereocenters. The van der Waals surface area contributed by atoms with Crippen molar-refractivity contribution >= 4 is 21.8 Å². The third-order valence-corrected chi connectivity index (χ3v) is 3.81. The van der Waals surface area contributed by atoms with Crippen LogP contribution in [0.25, 0.3) is 0 Å². The Morgan fingerprint density at radius 1 is 1.45 bits per heavy atom. The summed E-state index contributed by atoms with van der Waals surface area (Å²) < 4.78 is 0.981. The molecule has 20 heavy (non-hydrogen) atoms. The van der Waals surface area contributed by atoms with Gasteiger partial charge in [0.15, 0.2) is 0 Å². The minimum absolute atomic E-state index is 0.0727. The molecule has 0 aliphatic heterocycles. The number of benzene rings is 1. The predicted molar refractivity (Wildman–Crippen MR) is 78.1 cm³/mol. The Morgan fingerprint density at radius 3 is 2.80 bits per heavy atom. The number of nitrogens with one attached hydrogen (secondary N) is 1. The number of H-pyrrole nitrogens is 1. The summed E-state index contributed by atoms with van der Waals surface area (Å²) in [6.07, 6.45) is 0.860. The molecular formula is C13H16BrN5O. The molecule has 2 aromatic rings. The average Bonchev–Trinajstić information content (AvgIpc) is 2.98. The van der Waals surface area contributed by atoms with Crippen molar-refractivity contribution in [2.24, 2.45) is 0 Å². The second-order valence-corrected chi connectivity index (χ2v) is 5.29. The number of amides is 1. The number of hydrogen-bond donors (Lipinski definition) is 1. The van der Waals surface area contributed by atoms with Crippen molar-refractivity contribution in [2.75, 3.05) is 6.54 Å². The number of hydrogen-bond acceptors (Lipinski definition) is 4. The summed E-state index contributed by atoms with van der Waals surface area (Å²) in [7, 11) is 0. The maximum Gasteiger partial charge on any atom is 0.295 e. The van der Waals surface area contributed by atoms with Crippen molar-refractivity contribution in [3.63, 3.8) is 0 Å². The highest BCUT2D eigenvalue weighted by molar-refractivity contribution is 9.10. The van der Waals surface area contributed by atoms with Crippen molar-refractivity contribution in [1.29, 1.82) is 0 Å². The Balaban J connectivity index is 2.29. The quantitative estimate of drug-likeness (QED) is 0.909. The van der Waals surface area contributed by atoms with Crippen LogP contribution in [0.4, 0.5) is 0 Å². The minimum atomic E-state index is -0.219. The van der Waals surface area contributed by atoms with Gasteiger partial charge in [-0.3, -0.25) is 4.79 Å². The van der Waals surface area contributed by atoms with Gasteiger partial charge in [-0.1, -0.05) is 41.1 Å². The SMILES string of the molecule is CCCN(C(=O)c1nn[nH]n1)C(C)c1ccccc1Br. The van der Waals surface area contributed by atoms with E-state index in [1.807, 2.05) is 38.1 Å². The van der Waals surface area contributed by atoms with Crippen LogP contribution < -0.4 is 0 Å². The topological polar surface area (TPSA) is 74.8 Å². The number of nitrogens with zero attached hydrogens (tertiary/aromatic N) is 4. The molecule has 1 aromatic heterocycles. The summed E-state index contributed by atoms with van der Waals surface area (Å²) in [5.41, 5.74) is 1.05. The highest BCUT2D eigenvalue weighted by Crippen LogP contribution is 2.28. The van der Waals surface area contributed by atoms with E-state index in [1.165, 1.54) is 0 Å². The molecule has 7 heteroatoms. The molecule has 1 unspecified atom stereocenters. The van der Waals surface area contributed by atoms with Crippen LogP contribution in [0.5, 0.6) is 0 Å². The Kier molecular flexibility index (Phi) is 4.84. The molecule has 0 bridgehead atoms. The molecule has 0 spiro atoms. The van der Waals surface area contributed by atoms with E-state index in [4.69, 9.17) is 0 Å². The standard InChI is InChI=1S/C13H16BrN5O/c1-3-8-19(13(20)12-15-17-18-16-12)9(2)10-6-4-5-7-11(10)14/h4-7,9H,3,8H2,1-2H3,(H,15,16,17,18). The molecule has 1 N–H and O–H groups in total. The second-order valence-electron chi connectivity index (χ2n) is 4.43. The predicted octanol–water partition coefficient (Wildman–Crippen LogP) is 2.58. The van der Waals surface area contributed by atoms with Gasteiger partial charge in [0.05, 0.1) is 6.04 Å². The van der Waals surface area contributed by atoms with Gasteiger partial charge < -0.3 is 4.90 Å². The van der Waals surface area contributed by atoms with Gasteiger partial charge in [-0.2, -0.15) is 5.21 Å². The summed E-state index contributed by atoms with van der Waals surface area (Å²) in [6.45, 7) is 4.66. The lowest BCUT2D eigenvalue weighted by molar-refractivity contribution is 0.0677. The lowest BCUT2D eigenvalue weighted by atomic mass is 10.1.